The molecule has 1 saturated heterocycles. The lowest BCUT2D eigenvalue weighted by atomic mass is 10.1. The van der Waals surface area contributed by atoms with Crippen LogP contribution in [0.25, 0.3) is 10.9 Å². The van der Waals surface area contributed by atoms with Gasteiger partial charge in [-0.15, -0.1) is 0 Å². The molecule has 17 heavy (non-hydrogen) atoms. The molecule has 3 nitrogen and oxygen atoms in total. The van der Waals surface area contributed by atoms with Gasteiger partial charge in [0.2, 0.25) is 0 Å². The second-order valence-corrected chi connectivity index (χ2v) is 4.81. The number of nitrogens with two attached hydrogens (primary N) is 1. The fourth-order valence-corrected chi connectivity index (χ4v) is 2.49. The predicted molar refractivity (Wildman–Crippen MR) is 69.6 cm³/mol. The van der Waals surface area contributed by atoms with Crippen molar-refractivity contribution < 1.29 is 0 Å². The summed E-state index contributed by atoms with van der Waals surface area (Å²) in [6.07, 6.45) is 2.95. The Morgan fingerprint density at radius 2 is 2.29 bits per heavy atom. The lowest BCUT2D eigenvalue weighted by Gasteiger charge is -2.15. The van der Waals surface area contributed by atoms with Gasteiger partial charge in [0.15, 0.2) is 0 Å². The number of aromatic nitrogens is 1. The summed E-state index contributed by atoms with van der Waals surface area (Å²) in [5.74, 6) is 0. The monoisotopic (exact) mass is 227 g/mol. The number of fused-ring (bicyclic) bond motifs is 1. The molecule has 0 amide bonds. The Morgan fingerprint density at radius 3 is 3.12 bits per heavy atom. The lowest BCUT2D eigenvalue weighted by molar-refractivity contribution is 0.327. The third kappa shape index (κ3) is 2.30. The normalized spacial score (nSPS) is 21.1. The van der Waals surface area contributed by atoms with E-state index in [0.29, 0.717) is 6.04 Å². The minimum absolute atomic E-state index is 0.358. The van der Waals surface area contributed by atoms with Crippen LogP contribution in [0.1, 0.15) is 12.0 Å². The summed E-state index contributed by atoms with van der Waals surface area (Å²) in [5.41, 5.74) is 8.33. The highest BCUT2D eigenvalue weighted by molar-refractivity contribution is 5.78. The highest BCUT2D eigenvalue weighted by atomic mass is 15.2. The third-order valence-corrected chi connectivity index (χ3v) is 3.38. The number of hydrogen-bond acceptors (Lipinski definition) is 3. The molecular weight excluding hydrogens is 210 g/mol. The van der Waals surface area contributed by atoms with Crippen molar-refractivity contribution in [2.24, 2.45) is 5.73 Å². The lowest BCUT2D eigenvalue weighted by Crippen LogP contribution is -2.26. The zero-order chi connectivity index (χ0) is 11.7. The van der Waals surface area contributed by atoms with Crippen molar-refractivity contribution in [1.82, 2.24) is 9.88 Å². The number of pyridine rings is 1. The molecule has 3 heteroatoms. The summed E-state index contributed by atoms with van der Waals surface area (Å²) < 4.78 is 0. The van der Waals surface area contributed by atoms with Gasteiger partial charge in [-0.3, -0.25) is 9.88 Å². The van der Waals surface area contributed by atoms with Crippen LogP contribution in [-0.4, -0.2) is 29.0 Å². The molecule has 2 aromatic rings. The third-order valence-electron chi connectivity index (χ3n) is 3.38. The second kappa shape index (κ2) is 4.43. The number of hydrogen-bond donors (Lipinski definition) is 1. The molecule has 0 saturated carbocycles. The average Bonchev–Trinajstić information content (AvgIpc) is 2.75. The molecule has 1 aromatic carbocycles. The molecule has 1 aromatic heterocycles. The van der Waals surface area contributed by atoms with Crippen LogP contribution in [0.2, 0.25) is 0 Å². The van der Waals surface area contributed by atoms with Crippen molar-refractivity contribution in [3.8, 4) is 0 Å². The van der Waals surface area contributed by atoms with Crippen LogP contribution in [0.3, 0.4) is 0 Å². The molecule has 1 atom stereocenters. The van der Waals surface area contributed by atoms with Crippen molar-refractivity contribution in [1.29, 1.82) is 0 Å². The number of rotatable bonds is 2. The van der Waals surface area contributed by atoms with Gasteiger partial charge in [-0.05, 0) is 30.2 Å². The van der Waals surface area contributed by atoms with E-state index in [-0.39, 0.29) is 0 Å². The van der Waals surface area contributed by atoms with Crippen LogP contribution < -0.4 is 5.73 Å². The molecule has 0 radical (unpaired) electrons. The predicted octanol–water partition coefficient (Wildman–Crippen LogP) is 1.77. The molecule has 1 aliphatic rings. The molecule has 0 spiro atoms. The van der Waals surface area contributed by atoms with E-state index >= 15 is 0 Å². The smallest absolute Gasteiger partial charge is 0.0702 e. The van der Waals surface area contributed by atoms with E-state index in [1.54, 1.807) is 0 Å². The maximum Gasteiger partial charge on any atom is 0.0702 e. The van der Waals surface area contributed by atoms with Crippen molar-refractivity contribution in [2.75, 3.05) is 13.1 Å². The Labute approximate surface area is 101 Å². The van der Waals surface area contributed by atoms with Gasteiger partial charge in [-0.25, -0.2) is 0 Å². The van der Waals surface area contributed by atoms with E-state index in [1.807, 2.05) is 12.3 Å². The van der Waals surface area contributed by atoms with Crippen LogP contribution in [0.5, 0.6) is 0 Å². The quantitative estimate of drug-likeness (QED) is 0.850. The van der Waals surface area contributed by atoms with Crippen LogP contribution in [0.15, 0.2) is 36.5 Å². The van der Waals surface area contributed by atoms with E-state index in [9.17, 15) is 0 Å². The van der Waals surface area contributed by atoms with Crippen molar-refractivity contribution in [3.63, 3.8) is 0 Å². The largest absolute Gasteiger partial charge is 0.326 e. The van der Waals surface area contributed by atoms with Gasteiger partial charge in [0.1, 0.15) is 0 Å². The van der Waals surface area contributed by atoms with Gasteiger partial charge < -0.3 is 5.73 Å². The van der Waals surface area contributed by atoms with Crippen LogP contribution in [0, 0.1) is 0 Å². The Hall–Kier alpha value is -1.45. The van der Waals surface area contributed by atoms with Gasteiger partial charge in [-0.1, -0.05) is 12.1 Å². The van der Waals surface area contributed by atoms with Gasteiger partial charge in [0.05, 0.1) is 5.52 Å². The molecular formula is C14H17N3. The molecule has 3 rings (SSSR count). The maximum atomic E-state index is 5.92. The van der Waals surface area contributed by atoms with Crippen LogP contribution in [-0.2, 0) is 6.54 Å². The molecule has 2 heterocycles. The molecule has 88 valence electrons. The van der Waals surface area contributed by atoms with Crippen molar-refractivity contribution in [3.05, 3.63) is 42.1 Å². The summed E-state index contributed by atoms with van der Waals surface area (Å²) in [6, 6.07) is 10.9. The van der Waals surface area contributed by atoms with Crippen molar-refractivity contribution in [2.45, 2.75) is 19.0 Å². The minimum Gasteiger partial charge on any atom is -0.326 e. The second-order valence-electron chi connectivity index (χ2n) is 4.81. The van der Waals surface area contributed by atoms with Crippen LogP contribution in [0.4, 0.5) is 0 Å². The Morgan fingerprint density at radius 1 is 1.35 bits per heavy atom. The first-order valence-corrected chi connectivity index (χ1v) is 6.13. The molecule has 0 aliphatic carbocycles. The number of likely N-dealkylation sites (tertiary alicyclic amines) is 1. The SMILES string of the molecule is N[C@@H]1CCN(Cc2ccc3ncccc3c2)C1. The summed E-state index contributed by atoms with van der Waals surface area (Å²) in [6.45, 7) is 3.13. The van der Waals surface area contributed by atoms with Crippen molar-refractivity contribution >= 4 is 10.9 Å². The zero-order valence-electron chi connectivity index (χ0n) is 9.84. The summed E-state index contributed by atoms with van der Waals surface area (Å²) in [7, 11) is 0. The van der Waals surface area contributed by atoms with Gasteiger partial charge in [-0.2, -0.15) is 0 Å². The van der Waals surface area contributed by atoms with E-state index in [2.05, 4.69) is 34.1 Å². The number of nitrogens with zero attached hydrogens (tertiary/aromatic N) is 2. The molecule has 0 unspecified atom stereocenters. The van der Waals surface area contributed by atoms with Crippen LogP contribution >= 0.6 is 0 Å². The van der Waals surface area contributed by atoms with E-state index < -0.39 is 0 Å². The maximum absolute atomic E-state index is 5.92. The summed E-state index contributed by atoms with van der Waals surface area (Å²) in [4.78, 5) is 6.75. The van der Waals surface area contributed by atoms with E-state index in [1.165, 1.54) is 10.9 Å². The highest BCUT2D eigenvalue weighted by Crippen LogP contribution is 2.17. The Bertz CT molecular complexity index is 524. The van der Waals surface area contributed by atoms with E-state index in [0.717, 1.165) is 31.6 Å². The highest BCUT2D eigenvalue weighted by Gasteiger charge is 2.18. The summed E-state index contributed by atoms with van der Waals surface area (Å²) in [5, 5.41) is 1.22. The molecule has 1 aliphatic heterocycles. The van der Waals surface area contributed by atoms with Gasteiger partial charge in [0, 0.05) is 37.3 Å². The Kier molecular flexibility index (Phi) is 2.79. The first-order valence-electron chi connectivity index (χ1n) is 6.13. The first-order chi connectivity index (χ1) is 8.31. The molecule has 1 fully saturated rings. The fraction of sp³-hybridized carbons (Fsp3) is 0.357. The minimum atomic E-state index is 0.358. The van der Waals surface area contributed by atoms with Gasteiger partial charge >= 0.3 is 0 Å². The zero-order valence-corrected chi connectivity index (χ0v) is 9.84. The topological polar surface area (TPSA) is 42.1 Å². The van der Waals surface area contributed by atoms with E-state index in [4.69, 9.17) is 5.73 Å². The fourth-order valence-electron chi connectivity index (χ4n) is 2.49. The molecule has 2 N–H and O–H groups in total. The van der Waals surface area contributed by atoms with Gasteiger partial charge in [0.25, 0.3) is 0 Å². The summed E-state index contributed by atoms with van der Waals surface area (Å²) >= 11 is 0. The Balaban J connectivity index is 1.81. The number of benzene rings is 1. The first kappa shape index (κ1) is 10.7. The standard InChI is InChI=1S/C14H17N3/c15-13-5-7-17(10-13)9-11-3-4-14-12(8-11)2-1-6-16-14/h1-4,6,8,13H,5,7,9-10,15H2/t13-/m1/s1. The average molecular weight is 227 g/mol. The molecule has 0 bridgehead atoms.